The lowest BCUT2D eigenvalue weighted by molar-refractivity contribution is -0.678. The molecule has 0 unspecified atom stereocenters. The summed E-state index contributed by atoms with van der Waals surface area (Å²) in [6.07, 6.45) is 17.8. The highest BCUT2D eigenvalue weighted by atomic mass is 19.5. The van der Waals surface area contributed by atoms with Gasteiger partial charge in [0, 0.05) is 6.42 Å². The van der Waals surface area contributed by atoms with Crippen molar-refractivity contribution in [2.75, 3.05) is 0 Å². The molecule has 0 aliphatic rings. The van der Waals surface area contributed by atoms with Crippen LogP contribution in [0.3, 0.4) is 0 Å². The Hall–Kier alpha value is -1.27. The van der Waals surface area contributed by atoms with Crippen LogP contribution < -0.4 is 4.57 Å². The van der Waals surface area contributed by atoms with Gasteiger partial charge in [-0.15, -0.1) is 0 Å². The summed E-state index contributed by atoms with van der Waals surface area (Å²) >= 11 is 0. The molecule has 1 aromatic heterocycles. The molecule has 1 rings (SSSR count). The smallest absolute Gasteiger partial charge is 0.418 e. The van der Waals surface area contributed by atoms with Crippen LogP contribution in [0.25, 0.3) is 6.20 Å². The van der Waals surface area contributed by atoms with E-state index in [0.717, 1.165) is 6.42 Å². The predicted octanol–water partition coefficient (Wildman–Crippen LogP) is 5.01. The summed E-state index contributed by atoms with van der Waals surface area (Å²) in [5.74, 6) is 1.35. The Morgan fingerprint density at radius 3 is 2.23 bits per heavy atom. The molecule has 1 heterocycles. The number of halogens is 4. The van der Waals surface area contributed by atoms with Gasteiger partial charge in [-0.25, -0.2) is 9.13 Å². The fourth-order valence-corrected chi connectivity index (χ4v) is 2.15. The first-order chi connectivity index (χ1) is 10.3. The van der Waals surface area contributed by atoms with Gasteiger partial charge in [0.2, 0.25) is 0 Å². The molecule has 0 radical (unpaired) electrons. The molecule has 22 heavy (non-hydrogen) atoms. The molecule has 1 aromatic rings. The number of hydrogen-bond donors (Lipinski definition) is 0. The summed E-state index contributed by atoms with van der Waals surface area (Å²) in [6, 6.07) is 0. The van der Waals surface area contributed by atoms with Crippen LogP contribution in [0, 0.1) is 0 Å². The Kier molecular flexibility index (Phi) is 10.7. The van der Waals surface area contributed by atoms with Crippen molar-refractivity contribution < 1.29 is 21.8 Å². The largest absolute Gasteiger partial charge is 0.673 e. The maximum atomic E-state index is 9.75. The Morgan fingerprint density at radius 2 is 1.68 bits per heavy atom. The van der Waals surface area contributed by atoms with E-state index in [1.54, 1.807) is 0 Å². The molecule has 0 saturated heterocycles. The first-order valence-electron chi connectivity index (χ1n) is 7.88. The van der Waals surface area contributed by atoms with E-state index in [1.165, 1.54) is 44.3 Å². The first-order valence-corrected chi connectivity index (χ1v) is 7.88. The van der Waals surface area contributed by atoms with Gasteiger partial charge in [0.1, 0.15) is 12.4 Å². The zero-order chi connectivity index (χ0) is 17.0. The number of rotatable bonds is 8. The monoisotopic (exact) mass is 322 g/mol. The van der Waals surface area contributed by atoms with Crippen molar-refractivity contribution in [1.29, 1.82) is 0 Å². The molecule has 0 fully saturated rings. The zero-order valence-corrected chi connectivity index (χ0v) is 13.7. The molecule has 128 valence electrons. The average Bonchev–Trinajstić information content (AvgIpc) is 2.76. The summed E-state index contributed by atoms with van der Waals surface area (Å²) in [4.78, 5) is 0. The quantitative estimate of drug-likeness (QED) is 0.275. The highest BCUT2D eigenvalue weighted by molar-refractivity contribution is 6.50. The summed E-state index contributed by atoms with van der Waals surface area (Å²) < 4.78 is 43.4. The van der Waals surface area contributed by atoms with Gasteiger partial charge in [-0.05, 0) is 18.9 Å². The number of aryl methyl sites for hydroxylation is 1. The predicted molar refractivity (Wildman–Crippen MR) is 83.9 cm³/mol. The van der Waals surface area contributed by atoms with Gasteiger partial charge in [-0.1, -0.05) is 39.5 Å². The van der Waals surface area contributed by atoms with Gasteiger partial charge in [0.05, 0.1) is 13.2 Å². The highest BCUT2D eigenvalue weighted by Crippen LogP contribution is 2.07. The van der Waals surface area contributed by atoms with Crippen LogP contribution in [0.15, 0.2) is 18.5 Å². The SMILES string of the molecule is CCCCCCCC=Cn1cc[n+](C)c1CC.F[B-](F)(F)F. The third-order valence-electron chi connectivity index (χ3n) is 3.21. The minimum absolute atomic E-state index is 1.07. The Labute approximate surface area is 130 Å². The van der Waals surface area contributed by atoms with E-state index in [1.807, 2.05) is 0 Å². The number of unbranched alkanes of at least 4 members (excludes halogenated alkanes) is 5. The van der Waals surface area contributed by atoms with E-state index >= 15 is 0 Å². The molecule has 0 aromatic carbocycles. The standard InChI is InChI=1S/C15H27N2.BF4/c1-4-6-7-8-9-10-11-12-17-14-13-16(3)15(17)5-2;2-1(3,4)5/h11-14H,4-10H2,1-3H3;/q+1;-1. The minimum Gasteiger partial charge on any atom is -0.418 e. The van der Waals surface area contributed by atoms with Gasteiger partial charge in [0.25, 0.3) is 5.82 Å². The third kappa shape index (κ3) is 11.4. The molecule has 0 aliphatic heterocycles. The van der Waals surface area contributed by atoms with Crippen LogP contribution in [0.2, 0.25) is 0 Å². The second-order valence-electron chi connectivity index (χ2n) is 5.17. The van der Waals surface area contributed by atoms with E-state index < -0.39 is 7.25 Å². The second kappa shape index (κ2) is 11.3. The summed E-state index contributed by atoms with van der Waals surface area (Å²) in [5.41, 5.74) is 0. The molecule has 0 amide bonds. The molecule has 0 spiro atoms. The van der Waals surface area contributed by atoms with E-state index in [-0.39, 0.29) is 0 Å². The lowest BCUT2D eigenvalue weighted by atomic mass is 10.1. The Bertz CT molecular complexity index is 422. The maximum Gasteiger partial charge on any atom is 0.673 e. The number of aromatic nitrogens is 2. The van der Waals surface area contributed by atoms with Crippen LogP contribution in [-0.4, -0.2) is 11.8 Å². The highest BCUT2D eigenvalue weighted by Gasteiger charge is 2.20. The van der Waals surface area contributed by atoms with Crippen LogP contribution >= 0.6 is 0 Å². The van der Waals surface area contributed by atoms with Gasteiger partial charge in [0.15, 0.2) is 0 Å². The topological polar surface area (TPSA) is 8.81 Å². The number of imidazole rings is 1. The van der Waals surface area contributed by atoms with Crippen LogP contribution in [0.5, 0.6) is 0 Å². The van der Waals surface area contributed by atoms with Crippen molar-refractivity contribution in [2.45, 2.75) is 58.8 Å². The summed E-state index contributed by atoms with van der Waals surface area (Å²) in [6.45, 7) is 4.46. The van der Waals surface area contributed by atoms with Crippen molar-refractivity contribution >= 4 is 13.5 Å². The van der Waals surface area contributed by atoms with Gasteiger partial charge >= 0.3 is 7.25 Å². The van der Waals surface area contributed by atoms with E-state index in [0.29, 0.717) is 0 Å². The normalized spacial score (nSPS) is 11.6. The lowest BCUT2D eigenvalue weighted by Gasteiger charge is -1.96. The molecular formula is C15H27BF4N2. The molecule has 2 nitrogen and oxygen atoms in total. The molecular weight excluding hydrogens is 295 g/mol. The van der Waals surface area contributed by atoms with E-state index in [9.17, 15) is 17.3 Å². The number of nitrogens with zero attached hydrogens (tertiary/aromatic N) is 2. The Balaban J connectivity index is 0.000000763. The zero-order valence-electron chi connectivity index (χ0n) is 13.7. The molecule has 0 saturated carbocycles. The van der Waals surface area contributed by atoms with Gasteiger partial charge in [-0.2, -0.15) is 0 Å². The Morgan fingerprint density at radius 1 is 1.09 bits per heavy atom. The number of hydrogen-bond acceptors (Lipinski definition) is 0. The van der Waals surface area contributed by atoms with Crippen molar-refractivity contribution in [3.05, 3.63) is 24.3 Å². The van der Waals surface area contributed by atoms with Crippen molar-refractivity contribution in [3.8, 4) is 0 Å². The second-order valence-corrected chi connectivity index (χ2v) is 5.17. The van der Waals surface area contributed by atoms with Crippen LogP contribution in [0.4, 0.5) is 17.3 Å². The molecule has 0 atom stereocenters. The average molecular weight is 322 g/mol. The third-order valence-corrected chi connectivity index (χ3v) is 3.21. The first kappa shape index (κ1) is 20.7. The van der Waals surface area contributed by atoms with Crippen LogP contribution in [-0.2, 0) is 13.5 Å². The molecule has 7 heteroatoms. The van der Waals surface area contributed by atoms with Crippen molar-refractivity contribution in [3.63, 3.8) is 0 Å². The fraction of sp³-hybridized carbons (Fsp3) is 0.667. The maximum absolute atomic E-state index is 9.75. The van der Waals surface area contributed by atoms with Crippen molar-refractivity contribution in [1.82, 2.24) is 4.57 Å². The summed E-state index contributed by atoms with van der Waals surface area (Å²) in [7, 11) is -3.89. The van der Waals surface area contributed by atoms with Crippen molar-refractivity contribution in [2.24, 2.45) is 7.05 Å². The molecule has 0 bridgehead atoms. The molecule has 0 aliphatic carbocycles. The van der Waals surface area contributed by atoms with Gasteiger partial charge < -0.3 is 17.3 Å². The molecule has 0 N–H and O–H groups in total. The summed E-state index contributed by atoms with van der Waals surface area (Å²) in [5, 5.41) is 0. The van der Waals surface area contributed by atoms with Gasteiger partial charge in [-0.3, -0.25) is 0 Å². The number of allylic oxidation sites excluding steroid dienone is 1. The van der Waals surface area contributed by atoms with E-state index in [2.05, 4.69) is 54.7 Å². The minimum atomic E-state index is -6.00. The van der Waals surface area contributed by atoms with E-state index in [4.69, 9.17) is 0 Å². The van der Waals surface area contributed by atoms with Crippen LogP contribution in [0.1, 0.15) is 58.2 Å². The fourth-order valence-electron chi connectivity index (χ4n) is 2.15. The lowest BCUT2D eigenvalue weighted by Crippen LogP contribution is -2.31.